The van der Waals surface area contributed by atoms with Crippen LogP contribution in [0.3, 0.4) is 0 Å². The van der Waals surface area contributed by atoms with E-state index in [2.05, 4.69) is 66.7 Å². The number of aryl methyl sites for hydroxylation is 2. The standard InChI is InChI=1S/C30H55.C15H25.Fe/c1-6-11-16-21-26-27(22-17-12-7-2)29(24-19-14-9-4)30(25-20-15-10-5)28(26)23-18-13-8-3;1-3-5-7-9-14-11-12-15(13-14)10-8-6-4-2;/h6-25H2,1-5H3;11-13H,3-10H2,1-2H3;/q2*-1;+2. The quantitative estimate of drug-likeness (QED) is 0.0478. The second-order valence-electron chi connectivity index (χ2n) is 14.2. The van der Waals surface area contributed by atoms with Crippen LogP contribution < -0.4 is 0 Å². The summed E-state index contributed by atoms with van der Waals surface area (Å²) in [6.45, 7) is 16.3. The van der Waals surface area contributed by atoms with Crippen molar-refractivity contribution in [3.63, 3.8) is 0 Å². The van der Waals surface area contributed by atoms with Gasteiger partial charge in [-0.3, -0.25) is 0 Å². The Morgan fingerprint density at radius 3 is 1.22 bits per heavy atom. The fourth-order valence-electron chi connectivity index (χ4n) is 7.20. The predicted molar refractivity (Wildman–Crippen MR) is 207 cm³/mol. The summed E-state index contributed by atoms with van der Waals surface area (Å²) in [6.07, 6.45) is 38.0. The van der Waals surface area contributed by atoms with E-state index in [0.29, 0.717) is 0 Å². The molecule has 1 heteroatoms. The Morgan fingerprint density at radius 2 is 0.783 bits per heavy atom. The van der Waals surface area contributed by atoms with Crippen LogP contribution in [0.2, 0.25) is 0 Å². The van der Waals surface area contributed by atoms with Crippen LogP contribution in [0.25, 0.3) is 0 Å². The normalized spacial score (nSPS) is 11.0. The van der Waals surface area contributed by atoms with Gasteiger partial charge in [0.25, 0.3) is 0 Å². The molecule has 0 heterocycles. The van der Waals surface area contributed by atoms with Crippen LogP contribution in [0.5, 0.6) is 0 Å². The van der Waals surface area contributed by atoms with E-state index >= 15 is 0 Å². The van der Waals surface area contributed by atoms with E-state index in [0.717, 1.165) is 0 Å². The fraction of sp³-hybridized carbons (Fsp3) is 0.778. The van der Waals surface area contributed by atoms with Crippen molar-refractivity contribution in [1.82, 2.24) is 0 Å². The summed E-state index contributed by atoms with van der Waals surface area (Å²) >= 11 is 0. The number of unbranched alkanes of at least 4 members (excludes halogenated alkanes) is 14. The molecule has 46 heavy (non-hydrogen) atoms. The zero-order valence-electron chi connectivity index (χ0n) is 32.4. The monoisotopic (exact) mass is 677 g/mol. The van der Waals surface area contributed by atoms with Crippen molar-refractivity contribution in [3.05, 3.63) is 57.1 Å². The van der Waals surface area contributed by atoms with Gasteiger partial charge in [0.2, 0.25) is 0 Å². The molecule has 0 N–H and O–H groups in total. The minimum absolute atomic E-state index is 0. The molecule has 2 rings (SSSR count). The Morgan fingerprint density at radius 1 is 0.413 bits per heavy atom. The molecule has 0 aromatic heterocycles. The van der Waals surface area contributed by atoms with Gasteiger partial charge in [0.05, 0.1) is 0 Å². The molecule has 0 bridgehead atoms. The van der Waals surface area contributed by atoms with Crippen molar-refractivity contribution in [3.8, 4) is 0 Å². The molecule has 2 aromatic rings. The summed E-state index contributed by atoms with van der Waals surface area (Å²) in [5, 5.41) is 0. The SMILES string of the molecule is CCCCCc1c(CCCCC)c(CCCCC)[c-](CCCCC)c1CCCCC.CCCCCc1cc[c-](CCCCC)c1.[Fe+2]. The first kappa shape index (κ1) is 45.2. The van der Waals surface area contributed by atoms with Gasteiger partial charge in [-0.05, 0) is 0 Å². The maximum absolute atomic E-state index is 2.41. The maximum Gasteiger partial charge on any atom is 2.00 e. The largest absolute Gasteiger partial charge is 2.00 e. The molecule has 0 unspecified atom stereocenters. The molecule has 0 saturated carbocycles. The van der Waals surface area contributed by atoms with Gasteiger partial charge in [0.15, 0.2) is 0 Å². The number of rotatable bonds is 28. The van der Waals surface area contributed by atoms with Crippen LogP contribution >= 0.6 is 0 Å². The van der Waals surface area contributed by atoms with Crippen LogP contribution in [0.1, 0.15) is 222 Å². The van der Waals surface area contributed by atoms with Gasteiger partial charge in [0, 0.05) is 0 Å². The van der Waals surface area contributed by atoms with E-state index in [9.17, 15) is 0 Å². The first-order valence-corrected chi connectivity index (χ1v) is 20.7. The summed E-state index contributed by atoms with van der Waals surface area (Å²) < 4.78 is 0. The molecule has 268 valence electrons. The predicted octanol–water partition coefficient (Wildman–Crippen LogP) is 14.9. The summed E-state index contributed by atoms with van der Waals surface area (Å²) in [4.78, 5) is 0. The molecule has 0 atom stereocenters. The topological polar surface area (TPSA) is 0 Å². The van der Waals surface area contributed by atoms with Gasteiger partial charge < -0.3 is 0 Å². The zero-order valence-corrected chi connectivity index (χ0v) is 33.5. The average Bonchev–Trinajstić information content (AvgIpc) is 3.60. The molecule has 0 saturated heterocycles. The van der Waals surface area contributed by atoms with E-state index in [1.165, 1.54) is 180 Å². The molecule has 0 aliphatic carbocycles. The second-order valence-corrected chi connectivity index (χ2v) is 14.2. The Balaban J connectivity index is 0.00000106. The van der Waals surface area contributed by atoms with Crippen LogP contribution in [0, 0.1) is 0 Å². The molecule has 0 aliphatic heterocycles. The summed E-state index contributed by atoms with van der Waals surface area (Å²) in [6, 6.07) is 7.04. The van der Waals surface area contributed by atoms with E-state index in [4.69, 9.17) is 0 Å². The third kappa shape index (κ3) is 19.3. The zero-order chi connectivity index (χ0) is 33.0. The van der Waals surface area contributed by atoms with Crippen LogP contribution in [-0.4, -0.2) is 0 Å². The van der Waals surface area contributed by atoms with Gasteiger partial charge in [0.1, 0.15) is 0 Å². The number of hydrogen-bond acceptors (Lipinski definition) is 0. The van der Waals surface area contributed by atoms with Crippen molar-refractivity contribution in [2.75, 3.05) is 0 Å². The van der Waals surface area contributed by atoms with Crippen molar-refractivity contribution < 1.29 is 17.1 Å². The first-order chi connectivity index (χ1) is 22.1. The minimum atomic E-state index is 0. The molecule has 0 aliphatic rings. The Kier molecular flexibility index (Phi) is 31.0. The van der Waals surface area contributed by atoms with Crippen LogP contribution in [0.4, 0.5) is 0 Å². The van der Waals surface area contributed by atoms with Gasteiger partial charge in [-0.25, -0.2) is 6.07 Å². The summed E-state index contributed by atoms with van der Waals surface area (Å²) in [5.74, 6) is 0. The Bertz CT molecular complexity index is 761. The van der Waals surface area contributed by atoms with E-state index in [1.54, 1.807) is 11.1 Å². The molecule has 0 nitrogen and oxygen atoms in total. The van der Waals surface area contributed by atoms with Gasteiger partial charge >= 0.3 is 17.1 Å². The van der Waals surface area contributed by atoms with Crippen molar-refractivity contribution in [1.29, 1.82) is 0 Å². The average molecular weight is 677 g/mol. The molecular weight excluding hydrogens is 596 g/mol. The molecular formula is C45H80Fe. The number of hydrogen-bond donors (Lipinski definition) is 0. The second kappa shape index (κ2) is 31.5. The van der Waals surface area contributed by atoms with E-state index < -0.39 is 0 Å². The molecule has 0 amide bonds. The van der Waals surface area contributed by atoms with Gasteiger partial charge in [-0.15, -0.1) is 0 Å². The first-order valence-electron chi connectivity index (χ1n) is 20.7. The molecule has 0 spiro atoms. The van der Waals surface area contributed by atoms with Gasteiger partial charge in [-0.2, -0.15) is 51.1 Å². The third-order valence-electron chi connectivity index (χ3n) is 9.99. The van der Waals surface area contributed by atoms with Crippen LogP contribution in [0.15, 0.2) is 18.2 Å². The van der Waals surface area contributed by atoms with Crippen LogP contribution in [-0.2, 0) is 62.0 Å². The maximum atomic E-state index is 2.41. The Labute approximate surface area is 301 Å². The van der Waals surface area contributed by atoms with Crippen molar-refractivity contribution in [2.24, 2.45) is 0 Å². The smallest absolute Gasteiger partial charge is 0.210 e. The van der Waals surface area contributed by atoms with Crippen molar-refractivity contribution >= 4 is 0 Å². The third-order valence-corrected chi connectivity index (χ3v) is 9.99. The summed E-state index contributed by atoms with van der Waals surface area (Å²) in [5.41, 5.74) is 12.3. The van der Waals surface area contributed by atoms with Crippen molar-refractivity contribution in [2.45, 2.75) is 228 Å². The summed E-state index contributed by atoms with van der Waals surface area (Å²) in [7, 11) is 0. The minimum Gasteiger partial charge on any atom is -0.210 e. The molecule has 0 radical (unpaired) electrons. The fourth-order valence-corrected chi connectivity index (χ4v) is 7.20. The molecule has 0 fully saturated rings. The Hall–Kier alpha value is -0.781. The van der Waals surface area contributed by atoms with E-state index in [-0.39, 0.29) is 17.1 Å². The van der Waals surface area contributed by atoms with E-state index in [1.807, 2.05) is 27.8 Å². The molecule has 2 aromatic carbocycles. The van der Waals surface area contributed by atoms with Gasteiger partial charge in [-0.1, -0.05) is 228 Å².